The van der Waals surface area contributed by atoms with E-state index in [0.717, 1.165) is 25.7 Å². The lowest BCUT2D eigenvalue weighted by molar-refractivity contribution is -0.121. The SMILES string of the molecule is CC(Nc1c(Cl)cnn(CC2CC2)c1=O)C(=O)NC1CC1. The number of carbonyl (C=O) groups is 1. The van der Waals surface area contributed by atoms with Gasteiger partial charge in [-0.15, -0.1) is 0 Å². The van der Waals surface area contributed by atoms with Crippen LogP contribution < -0.4 is 16.2 Å². The van der Waals surface area contributed by atoms with Crippen molar-refractivity contribution >= 4 is 23.2 Å². The number of hydrogen-bond donors (Lipinski definition) is 2. The number of halogens is 1. The summed E-state index contributed by atoms with van der Waals surface area (Å²) < 4.78 is 1.43. The molecule has 0 radical (unpaired) electrons. The summed E-state index contributed by atoms with van der Waals surface area (Å²) in [5, 5.41) is 10.1. The molecule has 0 spiro atoms. The van der Waals surface area contributed by atoms with Crippen molar-refractivity contribution in [1.82, 2.24) is 15.1 Å². The van der Waals surface area contributed by atoms with Crippen LogP contribution in [0.25, 0.3) is 0 Å². The third-order valence-electron chi connectivity index (χ3n) is 3.80. The number of rotatable bonds is 6. The summed E-state index contributed by atoms with van der Waals surface area (Å²) in [7, 11) is 0. The molecule has 0 bridgehead atoms. The smallest absolute Gasteiger partial charge is 0.291 e. The van der Waals surface area contributed by atoms with E-state index in [-0.39, 0.29) is 22.2 Å². The molecule has 7 heteroatoms. The molecule has 2 saturated carbocycles. The van der Waals surface area contributed by atoms with Gasteiger partial charge in [0.25, 0.3) is 5.56 Å². The normalized spacial score (nSPS) is 19.1. The molecular weight excluding hydrogens is 292 g/mol. The first-order valence-electron chi connectivity index (χ1n) is 7.37. The third kappa shape index (κ3) is 3.56. The minimum Gasteiger partial charge on any atom is -0.368 e. The number of amides is 1. The summed E-state index contributed by atoms with van der Waals surface area (Å²) in [6, 6.07) is -0.214. The Hall–Kier alpha value is -1.56. The fourth-order valence-corrected chi connectivity index (χ4v) is 2.29. The lowest BCUT2D eigenvalue weighted by Gasteiger charge is -2.16. The van der Waals surface area contributed by atoms with Gasteiger partial charge in [0.1, 0.15) is 11.7 Å². The Kier molecular flexibility index (Phi) is 3.89. The van der Waals surface area contributed by atoms with Gasteiger partial charge in [0.05, 0.1) is 11.2 Å². The van der Waals surface area contributed by atoms with Gasteiger partial charge >= 0.3 is 0 Å². The Balaban J connectivity index is 1.73. The summed E-state index contributed by atoms with van der Waals surface area (Å²) >= 11 is 6.05. The van der Waals surface area contributed by atoms with Gasteiger partial charge in [-0.1, -0.05) is 11.6 Å². The first-order valence-corrected chi connectivity index (χ1v) is 7.75. The Labute approximate surface area is 127 Å². The van der Waals surface area contributed by atoms with Crippen molar-refractivity contribution in [2.75, 3.05) is 5.32 Å². The maximum atomic E-state index is 12.4. The second-order valence-corrected chi connectivity index (χ2v) is 6.35. The van der Waals surface area contributed by atoms with Crippen LogP contribution in [0.5, 0.6) is 0 Å². The van der Waals surface area contributed by atoms with Crippen molar-refractivity contribution in [2.45, 2.75) is 51.2 Å². The standard InChI is InChI=1S/C14H19ClN4O2/c1-8(13(20)18-10-4-5-10)17-12-11(15)6-16-19(14(12)21)7-9-2-3-9/h6,8-10,17H,2-5,7H2,1H3,(H,18,20). The fraction of sp³-hybridized carbons (Fsp3) is 0.643. The number of aromatic nitrogens is 2. The molecule has 2 aliphatic rings. The number of nitrogens with zero attached hydrogens (tertiary/aromatic N) is 2. The number of hydrogen-bond acceptors (Lipinski definition) is 4. The average Bonchev–Trinajstić information content (AvgIpc) is 3.33. The van der Waals surface area contributed by atoms with Gasteiger partial charge < -0.3 is 10.6 Å². The quantitative estimate of drug-likeness (QED) is 0.832. The van der Waals surface area contributed by atoms with Crippen molar-refractivity contribution in [2.24, 2.45) is 5.92 Å². The van der Waals surface area contributed by atoms with Crippen LogP contribution in [0.3, 0.4) is 0 Å². The van der Waals surface area contributed by atoms with E-state index in [1.807, 2.05) is 0 Å². The maximum absolute atomic E-state index is 12.4. The molecule has 1 aromatic rings. The van der Waals surface area contributed by atoms with Gasteiger partial charge in [0, 0.05) is 12.6 Å². The van der Waals surface area contributed by atoms with E-state index in [4.69, 9.17) is 11.6 Å². The number of anilines is 1. The number of nitrogens with one attached hydrogen (secondary N) is 2. The van der Waals surface area contributed by atoms with Crippen molar-refractivity contribution in [1.29, 1.82) is 0 Å². The maximum Gasteiger partial charge on any atom is 0.291 e. The molecule has 2 aliphatic carbocycles. The predicted octanol–water partition coefficient (Wildman–Crippen LogP) is 1.39. The molecular formula is C14H19ClN4O2. The predicted molar refractivity (Wildman–Crippen MR) is 80.5 cm³/mol. The highest BCUT2D eigenvalue weighted by atomic mass is 35.5. The van der Waals surface area contributed by atoms with Crippen molar-refractivity contribution in [3.8, 4) is 0 Å². The second-order valence-electron chi connectivity index (χ2n) is 5.95. The van der Waals surface area contributed by atoms with E-state index in [2.05, 4.69) is 15.7 Å². The third-order valence-corrected chi connectivity index (χ3v) is 4.09. The molecule has 1 aromatic heterocycles. The van der Waals surface area contributed by atoms with E-state index >= 15 is 0 Å². The minimum absolute atomic E-state index is 0.112. The Morgan fingerprint density at radius 3 is 2.81 bits per heavy atom. The van der Waals surface area contributed by atoms with Crippen LogP contribution in [0.4, 0.5) is 5.69 Å². The average molecular weight is 311 g/mol. The first-order chi connectivity index (χ1) is 10.0. The van der Waals surface area contributed by atoms with Crippen LogP contribution in [0.2, 0.25) is 5.02 Å². The highest BCUT2D eigenvalue weighted by Gasteiger charge is 2.27. The molecule has 0 aromatic carbocycles. The monoisotopic (exact) mass is 310 g/mol. The van der Waals surface area contributed by atoms with Crippen LogP contribution >= 0.6 is 11.6 Å². The van der Waals surface area contributed by atoms with Gasteiger partial charge in [-0.05, 0) is 38.5 Å². The summed E-state index contributed by atoms with van der Waals surface area (Å²) in [5.74, 6) is 0.429. The highest BCUT2D eigenvalue weighted by molar-refractivity contribution is 6.33. The molecule has 21 heavy (non-hydrogen) atoms. The lowest BCUT2D eigenvalue weighted by Crippen LogP contribution is -2.40. The van der Waals surface area contributed by atoms with Crippen LogP contribution in [0.15, 0.2) is 11.0 Å². The van der Waals surface area contributed by atoms with Crippen molar-refractivity contribution in [3.63, 3.8) is 0 Å². The van der Waals surface area contributed by atoms with Crippen LogP contribution in [0, 0.1) is 5.92 Å². The molecule has 3 rings (SSSR count). The fourth-order valence-electron chi connectivity index (χ4n) is 2.11. The topological polar surface area (TPSA) is 76.0 Å². The van der Waals surface area contributed by atoms with Crippen molar-refractivity contribution < 1.29 is 4.79 Å². The summed E-state index contributed by atoms with van der Waals surface area (Å²) in [6.45, 7) is 2.34. The largest absolute Gasteiger partial charge is 0.368 e. The van der Waals surface area contributed by atoms with Crippen LogP contribution in [0.1, 0.15) is 32.6 Å². The van der Waals surface area contributed by atoms with Gasteiger partial charge in [-0.3, -0.25) is 9.59 Å². The van der Waals surface area contributed by atoms with E-state index < -0.39 is 6.04 Å². The molecule has 0 aliphatic heterocycles. The summed E-state index contributed by atoms with van der Waals surface area (Å²) in [4.78, 5) is 24.3. The molecule has 2 fully saturated rings. The van der Waals surface area contributed by atoms with Gasteiger partial charge in [-0.25, -0.2) is 4.68 Å². The van der Waals surface area contributed by atoms with Crippen LogP contribution in [-0.2, 0) is 11.3 Å². The summed E-state index contributed by atoms with van der Waals surface area (Å²) in [6.07, 6.45) is 5.80. The second kappa shape index (κ2) is 5.67. The van der Waals surface area contributed by atoms with E-state index in [0.29, 0.717) is 18.5 Å². The molecule has 6 nitrogen and oxygen atoms in total. The summed E-state index contributed by atoms with van der Waals surface area (Å²) in [5.41, 5.74) is -0.00812. The minimum atomic E-state index is -0.507. The zero-order chi connectivity index (χ0) is 15.0. The van der Waals surface area contributed by atoms with Gasteiger partial charge in [-0.2, -0.15) is 5.10 Å². The Morgan fingerprint density at radius 2 is 2.19 bits per heavy atom. The van der Waals surface area contributed by atoms with Crippen molar-refractivity contribution in [3.05, 3.63) is 21.6 Å². The van der Waals surface area contributed by atoms with E-state index in [1.54, 1.807) is 6.92 Å². The highest BCUT2D eigenvalue weighted by Crippen LogP contribution is 2.30. The Morgan fingerprint density at radius 1 is 1.48 bits per heavy atom. The molecule has 1 atom stereocenters. The molecule has 1 unspecified atom stereocenters. The van der Waals surface area contributed by atoms with E-state index in [1.165, 1.54) is 10.9 Å². The van der Waals surface area contributed by atoms with E-state index in [9.17, 15) is 9.59 Å². The van der Waals surface area contributed by atoms with Crippen LogP contribution in [-0.4, -0.2) is 27.8 Å². The molecule has 114 valence electrons. The zero-order valence-corrected chi connectivity index (χ0v) is 12.7. The lowest BCUT2D eigenvalue weighted by atomic mass is 10.3. The van der Waals surface area contributed by atoms with Gasteiger partial charge in [0.15, 0.2) is 0 Å². The molecule has 1 heterocycles. The van der Waals surface area contributed by atoms with Gasteiger partial charge in [0.2, 0.25) is 5.91 Å². The zero-order valence-electron chi connectivity index (χ0n) is 11.9. The molecule has 0 saturated heterocycles. The number of carbonyl (C=O) groups excluding carboxylic acids is 1. The first kappa shape index (κ1) is 14.4. The molecule has 1 amide bonds. The molecule has 2 N–H and O–H groups in total. The Bertz CT molecular complexity index is 607.